The number of anilines is 1. The van der Waals surface area contributed by atoms with Crippen molar-refractivity contribution in [1.29, 1.82) is 0 Å². The third-order valence-electron chi connectivity index (χ3n) is 5.90. The number of ketones is 1. The van der Waals surface area contributed by atoms with Gasteiger partial charge in [-0.05, 0) is 53.6 Å². The molecule has 0 saturated carbocycles. The van der Waals surface area contributed by atoms with E-state index in [9.17, 15) is 14.7 Å². The normalized spacial score (nSPS) is 17.2. The van der Waals surface area contributed by atoms with E-state index in [1.165, 1.54) is 16.2 Å². The Morgan fingerprint density at radius 2 is 1.74 bits per heavy atom. The zero-order valence-corrected chi connectivity index (χ0v) is 19.9. The Bertz CT molecular complexity index is 1440. The lowest BCUT2D eigenvalue weighted by molar-refractivity contribution is -0.132. The smallest absolute Gasteiger partial charge is 0.301 e. The molecular weight excluding hydrogens is 464 g/mol. The van der Waals surface area contributed by atoms with Crippen LogP contribution in [0.5, 0.6) is 11.5 Å². The number of methoxy groups -OCH3 is 1. The minimum Gasteiger partial charge on any atom is -0.507 e. The molecule has 8 heteroatoms. The van der Waals surface area contributed by atoms with Crippen LogP contribution in [0.2, 0.25) is 0 Å². The zero-order valence-electron chi connectivity index (χ0n) is 19.1. The topological polar surface area (TPSA) is 89.0 Å². The van der Waals surface area contributed by atoms with Gasteiger partial charge in [-0.15, -0.1) is 11.3 Å². The molecule has 3 aromatic carbocycles. The predicted molar refractivity (Wildman–Crippen MR) is 135 cm³/mol. The fourth-order valence-corrected chi connectivity index (χ4v) is 4.91. The monoisotopic (exact) mass is 486 g/mol. The minimum atomic E-state index is -0.830. The van der Waals surface area contributed by atoms with E-state index in [0.717, 1.165) is 16.5 Å². The van der Waals surface area contributed by atoms with Gasteiger partial charge in [0.05, 0.1) is 25.3 Å². The molecule has 176 valence electrons. The number of carbonyl (C=O) groups is 2. The highest BCUT2D eigenvalue weighted by Crippen LogP contribution is 2.43. The molecule has 0 bridgehead atoms. The van der Waals surface area contributed by atoms with E-state index < -0.39 is 17.7 Å². The number of amides is 1. The van der Waals surface area contributed by atoms with Crippen LogP contribution >= 0.6 is 11.3 Å². The predicted octanol–water partition coefficient (Wildman–Crippen LogP) is 5.33. The largest absolute Gasteiger partial charge is 0.507 e. The first-order chi connectivity index (χ1) is 17.0. The number of ether oxygens (including phenoxy) is 2. The van der Waals surface area contributed by atoms with Crippen molar-refractivity contribution >= 4 is 44.7 Å². The molecule has 35 heavy (non-hydrogen) atoms. The van der Waals surface area contributed by atoms with Crippen molar-refractivity contribution in [1.82, 2.24) is 4.98 Å². The molecule has 0 aliphatic carbocycles. The molecule has 1 aromatic heterocycles. The van der Waals surface area contributed by atoms with Crippen LogP contribution in [0.15, 0.2) is 77.8 Å². The minimum absolute atomic E-state index is 0.0159. The summed E-state index contributed by atoms with van der Waals surface area (Å²) in [4.78, 5) is 32.0. The Labute approximate surface area is 205 Å². The number of rotatable bonds is 6. The molecule has 0 radical (unpaired) electrons. The molecule has 4 aromatic rings. The summed E-state index contributed by atoms with van der Waals surface area (Å²) in [5, 5.41) is 15.3. The van der Waals surface area contributed by atoms with Crippen molar-refractivity contribution < 1.29 is 24.2 Å². The molecule has 1 amide bonds. The van der Waals surface area contributed by atoms with Gasteiger partial charge in [-0.1, -0.05) is 30.3 Å². The Hall–Kier alpha value is -4.17. The Morgan fingerprint density at radius 3 is 2.43 bits per heavy atom. The number of carbonyl (C=O) groups excluding carboxylic acids is 2. The van der Waals surface area contributed by atoms with Crippen LogP contribution in [0.25, 0.3) is 16.5 Å². The maximum atomic E-state index is 13.3. The number of hydrogen-bond donors (Lipinski definition) is 1. The van der Waals surface area contributed by atoms with Gasteiger partial charge in [0.15, 0.2) is 5.13 Å². The average Bonchev–Trinajstić information content (AvgIpc) is 3.50. The molecule has 1 fully saturated rings. The van der Waals surface area contributed by atoms with E-state index in [-0.39, 0.29) is 11.3 Å². The van der Waals surface area contributed by atoms with Crippen LogP contribution in [0.1, 0.15) is 24.1 Å². The SMILES string of the molecule is CCOc1ccc(C2/C(=C(\O)c3ccc4cc(OC)ccc4c3)C(=O)C(=O)N2c2nccs2)cc1. The van der Waals surface area contributed by atoms with Crippen molar-refractivity contribution in [2.24, 2.45) is 0 Å². The second-order valence-electron chi connectivity index (χ2n) is 7.91. The number of fused-ring (bicyclic) bond motifs is 1. The highest BCUT2D eigenvalue weighted by Gasteiger charge is 2.48. The van der Waals surface area contributed by atoms with Crippen LogP contribution in [-0.2, 0) is 9.59 Å². The van der Waals surface area contributed by atoms with Crippen LogP contribution in [0, 0.1) is 0 Å². The molecule has 0 spiro atoms. The first-order valence-corrected chi connectivity index (χ1v) is 11.9. The highest BCUT2D eigenvalue weighted by molar-refractivity contribution is 7.14. The Kier molecular flexibility index (Phi) is 5.96. The quantitative estimate of drug-likeness (QED) is 0.225. The van der Waals surface area contributed by atoms with Crippen LogP contribution in [-0.4, -0.2) is 35.5 Å². The van der Waals surface area contributed by atoms with Crippen molar-refractivity contribution in [2.75, 3.05) is 18.6 Å². The third kappa shape index (κ3) is 4.02. The standard InChI is InChI=1S/C27H22N2O5S/c1-3-34-20-9-6-16(7-10-20)23-22(25(31)26(32)29(23)27-28-12-13-35-27)24(30)19-5-4-18-15-21(33-2)11-8-17(18)14-19/h4-15,23,30H,3H2,1-2H3/b24-22+. The van der Waals surface area contributed by atoms with Gasteiger partial charge in [-0.3, -0.25) is 14.5 Å². The lowest BCUT2D eigenvalue weighted by Gasteiger charge is -2.23. The number of thiazole rings is 1. The summed E-state index contributed by atoms with van der Waals surface area (Å²) in [6, 6.07) is 17.3. The van der Waals surface area contributed by atoms with Crippen molar-refractivity contribution in [3.8, 4) is 11.5 Å². The molecule has 1 atom stereocenters. The van der Waals surface area contributed by atoms with Gasteiger partial charge in [0.1, 0.15) is 17.3 Å². The van der Waals surface area contributed by atoms with E-state index in [1.807, 2.05) is 31.2 Å². The lowest BCUT2D eigenvalue weighted by atomic mass is 9.94. The van der Waals surface area contributed by atoms with Crippen LogP contribution in [0.3, 0.4) is 0 Å². The van der Waals surface area contributed by atoms with Gasteiger partial charge in [-0.25, -0.2) is 4.98 Å². The van der Waals surface area contributed by atoms with Crippen molar-refractivity contribution in [2.45, 2.75) is 13.0 Å². The van der Waals surface area contributed by atoms with Crippen LogP contribution in [0.4, 0.5) is 5.13 Å². The van der Waals surface area contributed by atoms with E-state index in [2.05, 4.69) is 4.98 Å². The second-order valence-corrected chi connectivity index (χ2v) is 8.79. The summed E-state index contributed by atoms with van der Waals surface area (Å²) in [6.45, 7) is 2.41. The number of nitrogens with zero attached hydrogens (tertiary/aromatic N) is 2. The summed E-state index contributed by atoms with van der Waals surface area (Å²) in [6.07, 6.45) is 1.58. The number of aromatic nitrogens is 1. The molecule has 2 heterocycles. The number of aliphatic hydroxyl groups excluding tert-OH is 1. The zero-order chi connectivity index (χ0) is 24.5. The van der Waals surface area contributed by atoms with E-state index >= 15 is 0 Å². The fourth-order valence-electron chi connectivity index (χ4n) is 4.25. The summed E-state index contributed by atoms with van der Waals surface area (Å²) >= 11 is 1.25. The number of benzene rings is 3. The van der Waals surface area contributed by atoms with Crippen molar-refractivity contribution in [3.63, 3.8) is 0 Å². The molecule has 1 aliphatic rings. The summed E-state index contributed by atoms with van der Waals surface area (Å²) in [7, 11) is 1.60. The van der Waals surface area contributed by atoms with Gasteiger partial charge >= 0.3 is 5.91 Å². The molecule has 1 aliphatic heterocycles. The third-order valence-corrected chi connectivity index (χ3v) is 6.67. The summed E-state index contributed by atoms with van der Waals surface area (Å²) in [5.74, 6) is -0.331. The molecule has 1 saturated heterocycles. The van der Waals surface area contributed by atoms with Gasteiger partial charge in [0.2, 0.25) is 0 Å². The second kappa shape index (κ2) is 9.23. The lowest BCUT2D eigenvalue weighted by Crippen LogP contribution is -2.29. The van der Waals surface area contributed by atoms with Crippen LogP contribution < -0.4 is 14.4 Å². The maximum Gasteiger partial charge on any atom is 0.301 e. The van der Waals surface area contributed by atoms with Gasteiger partial charge in [0, 0.05) is 17.1 Å². The van der Waals surface area contributed by atoms with Gasteiger partial charge in [-0.2, -0.15) is 0 Å². The molecular formula is C27H22N2O5S. The maximum absolute atomic E-state index is 13.3. The average molecular weight is 487 g/mol. The molecule has 1 N–H and O–H groups in total. The molecule has 7 nitrogen and oxygen atoms in total. The molecule has 1 unspecified atom stereocenters. The van der Waals surface area contributed by atoms with E-state index in [0.29, 0.717) is 28.6 Å². The van der Waals surface area contributed by atoms with Crippen molar-refractivity contribution in [3.05, 3.63) is 88.9 Å². The fraction of sp³-hybridized carbons (Fsp3) is 0.148. The van der Waals surface area contributed by atoms with E-state index in [1.54, 1.807) is 55.1 Å². The van der Waals surface area contributed by atoms with Gasteiger partial charge in [0.25, 0.3) is 5.78 Å². The first-order valence-electron chi connectivity index (χ1n) is 11.0. The summed E-state index contributed by atoms with van der Waals surface area (Å²) in [5.41, 5.74) is 1.12. The molecule has 5 rings (SSSR count). The highest BCUT2D eigenvalue weighted by atomic mass is 32.1. The first kappa shape index (κ1) is 22.6. The Morgan fingerprint density at radius 1 is 1.03 bits per heavy atom. The van der Waals surface area contributed by atoms with E-state index in [4.69, 9.17) is 9.47 Å². The Balaban J connectivity index is 1.66. The number of Topliss-reactive ketones (excluding diaryl/α,β-unsaturated/α-hetero) is 1. The number of aliphatic hydroxyl groups is 1. The van der Waals surface area contributed by atoms with Gasteiger partial charge < -0.3 is 14.6 Å². The summed E-state index contributed by atoms with van der Waals surface area (Å²) < 4.78 is 10.8. The number of hydrogen-bond acceptors (Lipinski definition) is 7.